The Hall–Kier alpha value is -3.43. The van der Waals surface area contributed by atoms with Crippen molar-refractivity contribution in [1.29, 1.82) is 0 Å². The van der Waals surface area contributed by atoms with E-state index in [1.54, 1.807) is 21.8 Å². The van der Waals surface area contributed by atoms with Crippen LogP contribution in [0.3, 0.4) is 0 Å². The normalized spacial score (nSPS) is 17.4. The maximum Gasteiger partial charge on any atom is 0.410 e. The van der Waals surface area contributed by atoms with Crippen molar-refractivity contribution in [2.24, 2.45) is 0 Å². The van der Waals surface area contributed by atoms with Crippen LogP contribution in [0.5, 0.6) is 5.75 Å². The number of aromatic nitrogens is 4. The lowest BCUT2D eigenvalue weighted by Crippen LogP contribution is -2.48. The van der Waals surface area contributed by atoms with E-state index in [1.807, 2.05) is 39.8 Å². The molecule has 2 aliphatic rings. The second kappa shape index (κ2) is 9.22. The summed E-state index contributed by atoms with van der Waals surface area (Å²) in [5.74, 6) is 1.31. The Bertz CT molecular complexity index is 1260. The molecule has 0 radical (unpaired) electrons. The van der Waals surface area contributed by atoms with Gasteiger partial charge in [0.1, 0.15) is 11.3 Å². The average molecular weight is 497 g/mol. The summed E-state index contributed by atoms with van der Waals surface area (Å²) >= 11 is 0. The first-order valence-corrected chi connectivity index (χ1v) is 12.5. The Morgan fingerprint density at radius 2 is 1.97 bits per heavy atom. The number of amides is 1. The van der Waals surface area contributed by atoms with Crippen LogP contribution in [0, 0.1) is 6.92 Å². The molecule has 1 saturated heterocycles. The van der Waals surface area contributed by atoms with Gasteiger partial charge in [-0.3, -0.25) is 4.98 Å². The van der Waals surface area contributed by atoms with Crippen molar-refractivity contribution in [3.8, 4) is 17.0 Å². The third kappa shape index (κ3) is 4.81. The molecule has 0 unspecified atom stereocenters. The Balaban J connectivity index is 1.38. The van der Waals surface area contributed by atoms with Gasteiger partial charge < -0.3 is 19.7 Å². The number of alkyl halides is 1. The number of hydrogen-bond acceptors (Lipinski definition) is 7. The molecule has 0 atom stereocenters. The lowest BCUT2D eigenvalue weighted by molar-refractivity contribution is 0.00574. The number of pyridine rings is 1. The van der Waals surface area contributed by atoms with Crippen molar-refractivity contribution < 1.29 is 18.7 Å². The number of imidazole rings is 1. The minimum atomic E-state index is -1.46. The van der Waals surface area contributed by atoms with Crippen LogP contribution >= 0.6 is 0 Å². The molecule has 0 bridgehead atoms. The first-order chi connectivity index (χ1) is 17.1. The number of hydrogen-bond donors (Lipinski definition) is 1. The summed E-state index contributed by atoms with van der Waals surface area (Å²) in [4.78, 5) is 22.8. The highest BCUT2D eigenvalue weighted by Gasteiger charge is 2.38. The molecule has 3 aromatic rings. The molecule has 10 heteroatoms. The van der Waals surface area contributed by atoms with Gasteiger partial charge in [0.25, 0.3) is 0 Å². The van der Waals surface area contributed by atoms with Gasteiger partial charge >= 0.3 is 6.09 Å². The highest BCUT2D eigenvalue weighted by Crippen LogP contribution is 2.37. The van der Waals surface area contributed by atoms with E-state index in [2.05, 4.69) is 10.3 Å². The largest absolute Gasteiger partial charge is 0.489 e. The summed E-state index contributed by atoms with van der Waals surface area (Å²) in [7, 11) is 0. The van der Waals surface area contributed by atoms with Gasteiger partial charge in [0, 0.05) is 49.5 Å². The number of halogens is 1. The van der Waals surface area contributed by atoms with Crippen molar-refractivity contribution in [2.75, 3.05) is 31.6 Å². The van der Waals surface area contributed by atoms with Crippen molar-refractivity contribution in [2.45, 2.75) is 64.6 Å². The molecule has 0 saturated carbocycles. The number of aryl methyl sites for hydroxylation is 1. The number of rotatable bonds is 4. The molecule has 5 rings (SSSR count). The summed E-state index contributed by atoms with van der Waals surface area (Å²) in [5, 5.41) is 8.16. The van der Waals surface area contributed by atoms with Crippen LogP contribution in [0.15, 0.2) is 24.5 Å². The highest BCUT2D eigenvalue weighted by atomic mass is 19.1. The number of carbonyl (C=O) groups is 1. The molecule has 0 spiro atoms. The van der Waals surface area contributed by atoms with Crippen molar-refractivity contribution in [3.63, 3.8) is 0 Å². The fraction of sp³-hybridized carbons (Fsp3) is 0.538. The first-order valence-electron chi connectivity index (χ1n) is 12.5. The third-order valence-electron chi connectivity index (χ3n) is 6.65. The van der Waals surface area contributed by atoms with E-state index in [9.17, 15) is 4.79 Å². The van der Waals surface area contributed by atoms with Crippen LogP contribution in [0.25, 0.3) is 16.9 Å². The summed E-state index contributed by atoms with van der Waals surface area (Å²) in [6, 6.07) is 3.83. The second-order valence-corrected chi connectivity index (χ2v) is 10.6. The SMILES string of the molecule is Cc1nc2c3c(c(NCC4(F)CCN(C(=O)OC(C)(C)C)CC4)nn2c1-c1ccncc1)CCCO3. The number of nitrogens with zero attached hydrogens (tertiary/aromatic N) is 5. The van der Waals surface area contributed by atoms with E-state index in [1.165, 1.54) is 0 Å². The molecule has 0 aliphatic carbocycles. The van der Waals surface area contributed by atoms with Gasteiger partial charge in [0.2, 0.25) is 0 Å². The van der Waals surface area contributed by atoms with Gasteiger partial charge in [-0.25, -0.2) is 18.7 Å². The van der Waals surface area contributed by atoms with Crippen LogP contribution in [0.2, 0.25) is 0 Å². The monoisotopic (exact) mass is 496 g/mol. The number of anilines is 1. The Labute approximate surface area is 210 Å². The Morgan fingerprint density at radius 1 is 1.25 bits per heavy atom. The van der Waals surface area contributed by atoms with E-state index in [0.717, 1.165) is 35.4 Å². The van der Waals surface area contributed by atoms with E-state index in [4.69, 9.17) is 19.6 Å². The number of nitrogens with one attached hydrogen (secondary N) is 1. The number of ether oxygens (including phenoxy) is 2. The van der Waals surface area contributed by atoms with Crippen LogP contribution in [0.1, 0.15) is 51.3 Å². The lowest BCUT2D eigenvalue weighted by Gasteiger charge is -2.37. The van der Waals surface area contributed by atoms with Crippen molar-refractivity contribution in [3.05, 3.63) is 35.8 Å². The maximum absolute atomic E-state index is 15.8. The standard InChI is InChI=1S/C26H33FN6O3/c1-17-20(18-7-11-28-12-8-18)33-23(30-17)21-19(6-5-15-35-21)22(31-33)29-16-26(27)9-13-32(14-10-26)24(34)36-25(2,3)4/h7-8,11-12H,5-6,9-10,13-16H2,1-4H3,(H,29,31). The summed E-state index contributed by atoms with van der Waals surface area (Å²) in [5.41, 5.74) is 2.19. The van der Waals surface area contributed by atoms with Gasteiger partial charge in [-0.2, -0.15) is 0 Å². The van der Waals surface area contributed by atoms with Crippen LogP contribution in [0.4, 0.5) is 15.0 Å². The number of piperidine rings is 1. The Morgan fingerprint density at radius 3 is 2.67 bits per heavy atom. The van der Waals surface area contributed by atoms with E-state index in [0.29, 0.717) is 36.9 Å². The molecule has 9 nitrogen and oxygen atoms in total. The predicted molar refractivity (Wildman–Crippen MR) is 134 cm³/mol. The minimum absolute atomic E-state index is 0.0956. The van der Waals surface area contributed by atoms with Gasteiger partial charge in [-0.05, 0) is 52.7 Å². The zero-order chi connectivity index (χ0) is 25.5. The van der Waals surface area contributed by atoms with Crippen molar-refractivity contribution >= 4 is 17.6 Å². The molecule has 1 amide bonds. The van der Waals surface area contributed by atoms with Gasteiger partial charge in [0.15, 0.2) is 17.2 Å². The molecule has 2 aliphatic heterocycles. The number of fused-ring (bicyclic) bond motifs is 3. The minimum Gasteiger partial charge on any atom is -0.489 e. The number of likely N-dealkylation sites (tertiary alicyclic amines) is 1. The topological polar surface area (TPSA) is 93.9 Å². The fourth-order valence-electron chi connectivity index (χ4n) is 4.79. The van der Waals surface area contributed by atoms with E-state index in [-0.39, 0.29) is 19.4 Å². The van der Waals surface area contributed by atoms with Crippen LogP contribution in [-0.2, 0) is 11.2 Å². The zero-order valence-electron chi connectivity index (χ0n) is 21.3. The zero-order valence-corrected chi connectivity index (χ0v) is 21.3. The summed E-state index contributed by atoms with van der Waals surface area (Å²) in [6.07, 6.45) is 5.18. The third-order valence-corrected chi connectivity index (χ3v) is 6.65. The molecule has 3 aromatic heterocycles. The van der Waals surface area contributed by atoms with Gasteiger partial charge in [-0.1, -0.05) is 0 Å². The molecule has 1 N–H and O–H groups in total. The van der Waals surface area contributed by atoms with Crippen LogP contribution < -0.4 is 10.1 Å². The average Bonchev–Trinajstić information content (AvgIpc) is 3.18. The fourth-order valence-corrected chi connectivity index (χ4v) is 4.79. The van der Waals surface area contributed by atoms with Crippen LogP contribution in [-0.4, -0.2) is 68.1 Å². The van der Waals surface area contributed by atoms with E-state index < -0.39 is 17.4 Å². The predicted octanol–water partition coefficient (Wildman–Crippen LogP) is 4.58. The molecule has 36 heavy (non-hydrogen) atoms. The Kier molecular flexibility index (Phi) is 6.22. The molecular weight excluding hydrogens is 463 g/mol. The summed E-state index contributed by atoms with van der Waals surface area (Å²) < 4.78 is 29.1. The summed E-state index contributed by atoms with van der Waals surface area (Å²) in [6.45, 7) is 8.76. The second-order valence-electron chi connectivity index (χ2n) is 10.6. The molecule has 0 aromatic carbocycles. The first kappa shape index (κ1) is 24.3. The van der Waals surface area contributed by atoms with E-state index >= 15 is 4.39 Å². The van der Waals surface area contributed by atoms with Crippen molar-refractivity contribution in [1.82, 2.24) is 24.5 Å². The van der Waals surface area contributed by atoms with Gasteiger partial charge in [-0.15, -0.1) is 5.10 Å². The molecular formula is C26H33FN6O3. The maximum atomic E-state index is 15.8. The molecule has 192 valence electrons. The smallest absolute Gasteiger partial charge is 0.410 e. The van der Waals surface area contributed by atoms with Gasteiger partial charge in [0.05, 0.1) is 24.5 Å². The number of carbonyl (C=O) groups excluding carboxylic acids is 1. The lowest BCUT2D eigenvalue weighted by atomic mass is 9.93. The highest BCUT2D eigenvalue weighted by molar-refractivity contribution is 5.73. The molecule has 5 heterocycles. The quantitative estimate of drug-likeness (QED) is 0.565. The molecule has 1 fully saturated rings.